The third-order valence-electron chi connectivity index (χ3n) is 4.77. The van der Waals surface area contributed by atoms with Crippen LogP contribution in [-0.2, 0) is 4.43 Å². The van der Waals surface area contributed by atoms with E-state index in [1.807, 2.05) is 6.08 Å². The van der Waals surface area contributed by atoms with Gasteiger partial charge in [0.25, 0.3) is 0 Å². The molecule has 1 nitrogen and oxygen atoms in total. The summed E-state index contributed by atoms with van der Waals surface area (Å²) in [6, 6.07) is 12.3. The first-order chi connectivity index (χ1) is 9.51. The van der Waals surface area contributed by atoms with E-state index in [-0.39, 0.29) is 6.10 Å². The van der Waals surface area contributed by atoms with Crippen LogP contribution in [0.5, 0.6) is 0 Å². The van der Waals surface area contributed by atoms with Crippen molar-refractivity contribution in [3.05, 3.63) is 42.0 Å². The number of hydrogen-bond acceptors (Lipinski definition) is 1. The predicted molar refractivity (Wildman–Crippen MR) is 92.7 cm³/mol. The van der Waals surface area contributed by atoms with Gasteiger partial charge in [-0.25, -0.2) is 0 Å². The molecule has 112 valence electrons. The van der Waals surface area contributed by atoms with Crippen molar-refractivity contribution in [2.45, 2.75) is 64.8 Å². The van der Waals surface area contributed by atoms with E-state index in [2.05, 4.69) is 65.5 Å². The van der Waals surface area contributed by atoms with Crippen LogP contribution in [0.3, 0.4) is 0 Å². The molecule has 1 aromatic rings. The minimum atomic E-state index is -1.51. The van der Waals surface area contributed by atoms with Crippen molar-refractivity contribution in [3.8, 4) is 0 Å². The zero-order valence-electron chi connectivity index (χ0n) is 13.8. The van der Waals surface area contributed by atoms with Crippen molar-refractivity contribution >= 4 is 14.4 Å². The van der Waals surface area contributed by atoms with Crippen LogP contribution in [0.25, 0.3) is 6.08 Å². The lowest BCUT2D eigenvalue weighted by molar-refractivity contribution is 0.180. The Labute approximate surface area is 126 Å². The van der Waals surface area contributed by atoms with Gasteiger partial charge in [-0.1, -0.05) is 64.6 Å². The van der Waals surface area contributed by atoms with Gasteiger partial charge in [-0.05, 0) is 36.2 Å². The summed E-state index contributed by atoms with van der Waals surface area (Å²) in [4.78, 5) is 0. The first-order valence-corrected chi connectivity index (χ1v) is 10.4. The average molecular weight is 291 g/mol. The Bertz CT molecular complexity index is 398. The molecule has 0 aliphatic carbocycles. The van der Waals surface area contributed by atoms with E-state index >= 15 is 0 Å². The second kappa shape index (κ2) is 7.80. The third kappa shape index (κ3) is 4.06. The van der Waals surface area contributed by atoms with Crippen LogP contribution in [0, 0.1) is 0 Å². The van der Waals surface area contributed by atoms with E-state index in [1.165, 1.54) is 29.3 Å². The molecule has 0 radical (unpaired) electrons. The second-order valence-electron chi connectivity index (χ2n) is 5.73. The van der Waals surface area contributed by atoms with Crippen LogP contribution in [0.2, 0.25) is 18.1 Å². The summed E-state index contributed by atoms with van der Waals surface area (Å²) in [7, 11) is -1.51. The van der Waals surface area contributed by atoms with Gasteiger partial charge >= 0.3 is 0 Å². The summed E-state index contributed by atoms with van der Waals surface area (Å²) in [5.74, 6) is 0.436. The van der Waals surface area contributed by atoms with E-state index < -0.39 is 8.32 Å². The third-order valence-corrected chi connectivity index (χ3v) is 9.51. The number of hydrogen-bond donors (Lipinski definition) is 0. The van der Waals surface area contributed by atoms with E-state index in [1.54, 1.807) is 0 Å². The SMILES string of the molecule is C=Cc1ccc(C(C)C(C)O[Si](CC)(CC)CC)cc1. The van der Waals surface area contributed by atoms with Gasteiger partial charge in [0.05, 0.1) is 0 Å². The minimum absolute atomic E-state index is 0.288. The predicted octanol–water partition coefficient (Wildman–Crippen LogP) is 5.84. The molecule has 0 N–H and O–H groups in total. The number of rotatable bonds is 8. The fourth-order valence-electron chi connectivity index (χ4n) is 2.70. The second-order valence-corrected chi connectivity index (χ2v) is 10.4. The molecule has 1 aromatic carbocycles. The highest BCUT2D eigenvalue weighted by molar-refractivity contribution is 6.73. The summed E-state index contributed by atoms with van der Waals surface area (Å²) in [6.07, 6.45) is 2.17. The van der Waals surface area contributed by atoms with Gasteiger partial charge in [0.1, 0.15) is 0 Å². The smallest absolute Gasteiger partial charge is 0.192 e. The average Bonchev–Trinajstić information content (AvgIpc) is 2.52. The molecular formula is C18H30OSi. The summed E-state index contributed by atoms with van der Waals surface area (Å²) in [5, 5.41) is 0. The van der Waals surface area contributed by atoms with Crippen LogP contribution in [0.15, 0.2) is 30.8 Å². The summed E-state index contributed by atoms with van der Waals surface area (Å²) >= 11 is 0. The Kier molecular flexibility index (Phi) is 6.70. The fourth-order valence-corrected chi connectivity index (χ4v) is 5.70. The highest BCUT2D eigenvalue weighted by Crippen LogP contribution is 2.29. The van der Waals surface area contributed by atoms with E-state index in [0.29, 0.717) is 5.92 Å². The molecule has 0 bridgehead atoms. The van der Waals surface area contributed by atoms with Crippen molar-refractivity contribution in [2.75, 3.05) is 0 Å². The molecule has 0 spiro atoms. The largest absolute Gasteiger partial charge is 0.414 e. The molecule has 0 heterocycles. The Morgan fingerprint density at radius 2 is 1.55 bits per heavy atom. The van der Waals surface area contributed by atoms with Gasteiger partial charge in [-0.15, -0.1) is 0 Å². The summed E-state index contributed by atoms with van der Waals surface area (Å²) < 4.78 is 6.58. The van der Waals surface area contributed by atoms with Crippen LogP contribution >= 0.6 is 0 Å². The molecule has 2 atom stereocenters. The van der Waals surface area contributed by atoms with Crippen LogP contribution in [0.1, 0.15) is 51.7 Å². The zero-order chi connectivity index (χ0) is 15.2. The highest BCUT2D eigenvalue weighted by atomic mass is 28.4. The van der Waals surface area contributed by atoms with E-state index in [4.69, 9.17) is 4.43 Å². The fraction of sp³-hybridized carbons (Fsp3) is 0.556. The lowest BCUT2D eigenvalue weighted by Gasteiger charge is -2.34. The first kappa shape index (κ1) is 17.2. The normalized spacial score (nSPS) is 14.8. The Morgan fingerprint density at radius 3 is 1.95 bits per heavy atom. The Balaban J connectivity index is 2.79. The maximum Gasteiger partial charge on any atom is 0.192 e. The first-order valence-electron chi connectivity index (χ1n) is 7.92. The molecule has 0 aromatic heterocycles. The lowest BCUT2D eigenvalue weighted by atomic mass is 9.95. The van der Waals surface area contributed by atoms with Gasteiger partial charge < -0.3 is 4.43 Å². The molecular weight excluding hydrogens is 260 g/mol. The molecule has 0 aliphatic rings. The number of benzene rings is 1. The van der Waals surface area contributed by atoms with Crippen molar-refractivity contribution in [3.63, 3.8) is 0 Å². The van der Waals surface area contributed by atoms with E-state index in [9.17, 15) is 0 Å². The Morgan fingerprint density at radius 1 is 1.05 bits per heavy atom. The standard InChI is InChI=1S/C18H30OSi/c1-7-17-11-13-18(14-12-17)15(5)16(6)19-20(8-2,9-3)10-4/h7,11-16H,1,8-10H2,2-6H3. The van der Waals surface area contributed by atoms with Crippen LogP contribution in [-0.4, -0.2) is 14.4 Å². The van der Waals surface area contributed by atoms with Crippen LogP contribution in [0.4, 0.5) is 0 Å². The van der Waals surface area contributed by atoms with E-state index in [0.717, 1.165) is 0 Å². The molecule has 2 heteroatoms. The monoisotopic (exact) mass is 290 g/mol. The molecule has 0 saturated heterocycles. The maximum atomic E-state index is 6.58. The zero-order valence-corrected chi connectivity index (χ0v) is 14.8. The molecule has 0 saturated carbocycles. The topological polar surface area (TPSA) is 9.23 Å². The minimum Gasteiger partial charge on any atom is -0.414 e. The van der Waals surface area contributed by atoms with Gasteiger partial charge in [0.15, 0.2) is 8.32 Å². The molecule has 20 heavy (non-hydrogen) atoms. The highest BCUT2D eigenvalue weighted by Gasteiger charge is 2.32. The van der Waals surface area contributed by atoms with Crippen molar-refractivity contribution in [1.29, 1.82) is 0 Å². The summed E-state index contributed by atoms with van der Waals surface area (Å²) in [6.45, 7) is 15.2. The maximum absolute atomic E-state index is 6.58. The van der Waals surface area contributed by atoms with Crippen LogP contribution < -0.4 is 0 Å². The van der Waals surface area contributed by atoms with Gasteiger partial charge in [-0.2, -0.15) is 0 Å². The molecule has 2 unspecified atom stereocenters. The molecule has 1 rings (SSSR count). The van der Waals surface area contributed by atoms with Gasteiger partial charge in [0.2, 0.25) is 0 Å². The quantitative estimate of drug-likeness (QED) is 0.546. The van der Waals surface area contributed by atoms with Gasteiger partial charge in [0, 0.05) is 12.0 Å². The van der Waals surface area contributed by atoms with Crippen molar-refractivity contribution < 1.29 is 4.43 Å². The molecule has 0 amide bonds. The molecule has 0 aliphatic heterocycles. The van der Waals surface area contributed by atoms with Crippen molar-refractivity contribution in [2.24, 2.45) is 0 Å². The lowest BCUT2D eigenvalue weighted by Crippen LogP contribution is -2.40. The van der Waals surface area contributed by atoms with Crippen molar-refractivity contribution in [1.82, 2.24) is 0 Å². The Hall–Kier alpha value is -0.863. The molecule has 0 fully saturated rings. The van der Waals surface area contributed by atoms with Gasteiger partial charge in [-0.3, -0.25) is 0 Å². The summed E-state index contributed by atoms with van der Waals surface area (Å²) in [5.41, 5.74) is 2.53.